The zero-order valence-electron chi connectivity index (χ0n) is 16.4. The van der Waals surface area contributed by atoms with E-state index in [1.165, 1.54) is 4.90 Å². The molecule has 1 fully saturated rings. The highest BCUT2D eigenvalue weighted by Crippen LogP contribution is 2.46. The van der Waals surface area contributed by atoms with Crippen LogP contribution < -0.4 is 5.32 Å². The Morgan fingerprint density at radius 1 is 1.45 bits per heavy atom. The van der Waals surface area contributed by atoms with Gasteiger partial charge in [-0.05, 0) is 42.9 Å². The number of nitrogens with zero attached hydrogens (tertiary/aromatic N) is 2. The highest BCUT2D eigenvalue weighted by Gasteiger charge is 2.50. The number of hydrogen-bond donors (Lipinski definition) is 3. The standard InChI is InChI=1S/C20H26F2N4O3/c1-29-9-6-23-19(28)26-7-4-14(5-8-26)20(21,22)18(27)16-15-3-2-12(15)10-13-11-24-25-17(13)16/h10-11,14,18,27H,2-9H2,1H3,(H,23,28)(H,24,25)/t18-/m1/s1. The van der Waals surface area contributed by atoms with Gasteiger partial charge in [-0.25, -0.2) is 13.6 Å². The summed E-state index contributed by atoms with van der Waals surface area (Å²) < 4.78 is 35.5. The van der Waals surface area contributed by atoms with Gasteiger partial charge in [-0.1, -0.05) is 0 Å². The molecule has 3 N–H and O–H groups in total. The van der Waals surface area contributed by atoms with Crippen LogP contribution in [0.15, 0.2) is 12.3 Å². The van der Waals surface area contributed by atoms with Gasteiger partial charge in [0, 0.05) is 43.6 Å². The van der Waals surface area contributed by atoms with Gasteiger partial charge in [-0.3, -0.25) is 5.10 Å². The van der Waals surface area contributed by atoms with Crippen LogP contribution in [0.4, 0.5) is 13.6 Å². The molecule has 158 valence electrons. The van der Waals surface area contributed by atoms with E-state index in [0.29, 0.717) is 25.1 Å². The molecule has 1 aliphatic heterocycles. The van der Waals surface area contributed by atoms with Crippen molar-refractivity contribution in [3.05, 3.63) is 29.0 Å². The molecule has 29 heavy (non-hydrogen) atoms. The first-order valence-electron chi connectivity index (χ1n) is 9.98. The highest BCUT2D eigenvalue weighted by molar-refractivity contribution is 5.85. The number of aryl methyl sites for hydroxylation is 1. The third-order valence-corrected chi connectivity index (χ3v) is 6.17. The monoisotopic (exact) mass is 408 g/mol. The second-order valence-electron chi connectivity index (χ2n) is 7.83. The SMILES string of the molecule is COCCNC(=O)N1CCC(C(F)(F)[C@H](O)c2c3c(cc4cn[nH]c24)CC3)CC1. The van der Waals surface area contributed by atoms with Crippen molar-refractivity contribution in [3.63, 3.8) is 0 Å². The number of likely N-dealkylation sites (tertiary alicyclic amines) is 1. The lowest BCUT2D eigenvalue weighted by Gasteiger charge is -2.38. The molecule has 1 atom stereocenters. The number of hydrogen-bond acceptors (Lipinski definition) is 4. The minimum atomic E-state index is -3.29. The lowest BCUT2D eigenvalue weighted by molar-refractivity contribution is -0.159. The van der Waals surface area contributed by atoms with Crippen molar-refractivity contribution in [1.82, 2.24) is 20.4 Å². The van der Waals surface area contributed by atoms with E-state index in [2.05, 4.69) is 15.5 Å². The quantitative estimate of drug-likeness (QED) is 0.641. The first-order valence-corrected chi connectivity index (χ1v) is 9.98. The number of urea groups is 1. The number of H-pyrrole nitrogens is 1. The molecule has 1 aromatic heterocycles. The Bertz CT molecular complexity index is 893. The molecule has 2 heterocycles. The summed E-state index contributed by atoms with van der Waals surface area (Å²) in [4.78, 5) is 13.6. The van der Waals surface area contributed by atoms with E-state index < -0.39 is 17.9 Å². The Balaban J connectivity index is 1.47. The van der Waals surface area contributed by atoms with Gasteiger partial charge >= 0.3 is 6.03 Å². The van der Waals surface area contributed by atoms with Crippen LogP contribution >= 0.6 is 0 Å². The molecule has 2 aliphatic rings. The topological polar surface area (TPSA) is 90.5 Å². The van der Waals surface area contributed by atoms with Crippen molar-refractivity contribution in [3.8, 4) is 0 Å². The number of aliphatic hydroxyl groups is 1. The van der Waals surface area contributed by atoms with Crippen LogP contribution in [-0.2, 0) is 17.6 Å². The molecule has 7 nitrogen and oxygen atoms in total. The summed E-state index contributed by atoms with van der Waals surface area (Å²) in [6, 6.07) is 1.68. The zero-order chi connectivity index (χ0) is 20.6. The lowest BCUT2D eigenvalue weighted by atomic mass is 9.77. The second kappa shape index (κ2) is 7.87. The van der Waals surface area contributed by atoms with Gasteiger partial charge in [-0.15, -0.1) is 0 Å². The number of carbonyl (C=O) groups is 1. The third-order valence-electron chi connectivity index (χ3n) is 6.17. The first-order chi connectivity index (χ1) is 13.9. The molecule has 0 spiro atoms. The summed E-state index contributed by atoms with van der Waals surface area (Å²) in [7, 11) is 1.54. The van der Waals surface area contributed by atoms with E-state index in [1.54, 1.807) is 13.3 Å². The number of carbonyl (C=O) groups excluding carboxylic acids is 1. The Morgan fingerprint density at radius 2 is 2.21 bits per heavy atom. The van der Waals surface area contributed by atoms with Crippen LogP contribution in [0, 0.1) is 5.92 Å². The van der Waals surface area contributed by atoms with Crippen LogP contribution in [0.1, 0.15) is 35.6 Å². The van der Waals surface area contributed by atoms with Crippen LogP contribution in [0.25, 0.3) is 10.9 Å². The van der Waals surface area contributed by atoms with Gasteiger partial charge < -0.3 is 20.1 Å². The minimum Gasteiger partial charge on any atom is -0.383 e. The number of rotatable bonds is 6. The van der Waals surface area contributed by atoms with Gasteiger partial charge in [0.1, 0.15) is 6.10 Å². The fraction of sp³-hybridized carbons (Fsp3) is 0.600. The molecule has 9 heteroatoms. The molecular weight excluding hydrogens is 382 g/mol. The molecule has 2 amide bonds. The van der Waals surface area contributed by atoms with Gasteiger partial charge in [0.15, 0.2) is 0 Å². The molecule has 0 saturated carbocycles. The van der Waals surface area contributed by atoms with E-state index >= 15 is 8.78 Å². The zero-order valence-corrected chi connectivity index (χ0v) is 16.4. The van der Waals surface area contributed by atoms with E-state index in [9.17, 15) is 9.90 Å². The summed E-state index contributed by atoms with van der Waals surface area (Å²) in [6.45, 7) is 1.25. The summed E-state index contributed by atoms with van der Waals surface area (Å²) in [5.74, 6) is -4.28. The number of ether oxygens (including phenoxy) is 1. The molecular formula is C20H26F2N4O3. The highest BCUT2D eigenvalue weighted by atomic mass is 19.3. The van der Waals surface area contributed by atoms with Crippen molar-refractivity contribution >= 4 is 16.9 Å². The van der Waals surface area contributed by atoms with Crippen LogP contribution in [-0.4, -0.2) is 65.5 Å². The summed E-state index contributed by atoms with van der Waals surface area (Å²) in [5.41, 5.74) is 2.59. The summed E-state index contributed by atoms with van der Waals surface area (Å²) >= 11 is 0. The van der Waals surface area contributed by atoms with Gasteiger partial charge in [0.05, 0.1) is 18.3 Å². The maximum atomic E-state index is 15.3. The average Bonchev–Trinajstić information content (AvgIpc) is 3.17. The Kier molecular flexibility index (Phi) is 5.44. The Morgan fingerprint density at radius 3 is 2.86 bits per heavy atom. The molecule has 0 bridgehead atoms. The number of halogens is 2. The predicted molar refractivity (Wildman–Crippen MR) is 103 cm³/mol. The Labute approximate surface area is 167 Å². The number of fused-ring (bicyclic) bond motifs is 2. The number of aromatic amines is 1. The number of amides is 2. The molecule has 1 saturated heterocycles. The third kappa shape index (κ3) is 3.57. The molecule has 4 rings (SSSR count). The molecule has 0 unspecified atom stereocenters. The van der Waals surface area contributed by atoms with Crippen LogP contribution in [0.3, 0.4) is 0 Å². The number of nitrogens with one attached hydrogen (secondary N) is 2. The van der Waals surface area contributed by atoms with Gasteiger partial charge in [0.25, 0.3) is 5.92 Å². The van der Waals surface area contributed by atoms with Crippen molar-refractivity contribution in [2.75, 3.05) is 33.4 Å². The smallest absolute Gasteiger partial charge is 0.317 e. The van der Waals surface area contributed by atoms with Crippen LogP contribution in [0.5, 0.6) is 0 Å². The van der Waals surface area contributed by atoms with E-state index in [1.807, 2.05) is 6.07 Å². The van der Waals surface area contributed by atoms with Crippen molar-refractivity contribution in [2.24, 2.45) is 5.92 Å². The molecule has 1 aliphatic carbocycles. The fourth-order valence-electron chi connectivity index (χ4n) is 4.38. The normalized spacial score (nSPS) is 18.4. The molecule has 2 aromatic rings. The molecule has 0 radical (unpaired) electrons. The lowest BCUT2D eigenvalue weighted by Crippen LogP contribution is -2.49. The number of alkyl halides is 2. The number of piperidine rings is 1. The van der Waals surface area contributed by atoms with Crippen molar-refractivity contribution in [1.29, 1.82) is 0 Å². The van der Waals surface area contributed by atoms with Crippen LogP contribution in [0.2, 0.25) is 0 Å². The van der Waals surface area contributed by atoms with Crippen molar-refractivity contribution in [2.45, 2.75) is 37.7 Å². The summed E-state index contributed by atoms with van der Waals surface area (Å²) in [6.07, 6.45) is 1.51. The number of benzene rings is 1. The largest absolute Gasteiger partial charge is 0.383 e. The predicted octanol–water partition coefficient (Wildman–Crippen LogP) is 2.40. The van der Waals surface area contributed by atoms with Crippen molar-refractivity contribution < 1.29 is 23.4 Å². The Hall–Kier alpha value is -2.26. The van der Waals surface area contributed by atoms with E-state index in [0.717, 1.165) is 22.9 Å². The van der Waals surface area contributed by atoms with Gasteiger partial charge in [0.2, 0.25) is 0 Å². The first kappa shape index (κ1) is 20.0. The number of aromatic nitrogens is 2. The van der Waals surface area contributed by atoms with E-state index in [4.69, 9.17) is 4.74 Å². The fourth-order valence-corrected chi connectivity index (χ4v) is 4.38. The number of methoxy groups -OCH3 is 1. The minimum absolute atomic E-state index is 0.142. The van der Waals surface area contributed by atoms with Gasteiger partial charge in [-0.2, -0.15) is 5.10 Å². The second-order valence-corrected chi connectivity index (χ2v) is 7.83. The van der Waals surface area contributed by atoms with E-state index in [-0.39, 0.29) is 37.5 Å². The maximum absolute atomic E-state index is 15.3. The average molecular weight is 408 g/mol. The molecule has 1 aromatic carbocycles. The summed E-state index contributed by atoms with van der Waals surface area (Å²) in [5, 5.41) is 21.0. The number of aliphatic hydroxyl groups excluding tert-OH is 1. The maximum Gasteiger partial charge on any atom is 0.317 e.